The van der Waals surface area contributed by atoms with E-state index < -0.39 is 11.8 Å². The Balaban J connectivity index is 1.49. The third-order valence-corrected chi connectivity index (χ3v) is 4.60. The maximum atomic E-state index is 12.1. The van der Waals surface area contributed by atoms with E-state index in [2.05, 4.69) is 21.9 Å². The minimum absolute atomic E-state index is 0.487. The monoisotopic (exact) mass is 415 g/mol. The zero-order valence-corrected chi connectivity index (χ0v) is 17.8. The van der Waals surface area contributed by atoms with Crippen LogP contribution in [0.15, 0.2) is 71.8 Å². The number of ether oxygens (including phenoxy) is 1. The van der Waals surface area contributed by atoms with Crippen molar-refractivity contribution in [3.8, 4) is 5.75 Å². The molecule has 0 radical (unpaired) electrons. The van der Waals surface area contributed by atoms with E-state index in [0.717, 1.165) is 28.0 Å². The quantitative estimate of drug-likeness (QED) is 0.358. The first-order chi connectivity index (χ1) is 14.9. The van der Waals surface area contributed by atoms with Gasteiger partial charge in [-0.15, -0.1) is 0 Å². The van der Waals surface area contributed by atoms with Crippen LogP contribution in [0.25, 0.3) is 0 Å². The number of rotatable bonds is 6. The van der Waals surface area contributed by atoms with E-state index in [4.69, 9.17) is 4.74 Å². The zero-order valence-electron chi connectivity index (χ0n) is 17.8. The largest absolute Gasteiger partial charge is 0.489 e. The van der Waals surface area contributed by atoms with Crippen molar-refractivity contribution in [2.24, 2.45) is 5.10 Å². The van der Waals surface area contributed by atoms with Gasteiger partial charge < -0.3 is 10.1 Å². The molecule has 0 spiro atoms. The highest BCUT2D eigenvalue weighted by molar-refractivity contribution is 6.39. The summed E-state index contributed by atoms with van der Waals surface area (Å²) in [5.41, 5.74) is 7.77. The van der Waals surface area contributed by atoms with Crippen molar-refractivity contribution < 1.29 is 14.3 Å². The van der Waals surface area contributed by atoms with Crippen LogP contribution in [-0.4, -0.2) is 18.0 Å². The molecule has 0 atom stereocenters. The first kappa shape index (κ1) is 21.8. The summed E-state index contributed by atoms with van der Waals surface area (Å²) < 4.78 is 5.78. The van der Waals surface area contributed by atoms with Crippen LogP contribution in [0.5, 0.6) is 5.75 Å². The number of carbonyl (C=O) groups is 2. The van der Waals surface area contributed by atoms with E-state index in [9.17, 15) is 9.59 Å². The third-order valence-electron chi connectivity index (χ3n) is 4.60. The second-order valence-corrected chi connectivity index (χ2v) is 7.32. The first-order valence-electron chi connectivity index (χ1n) is 9.91. The molecule has 0 fully saturated rings. The van der Waals surface area contributed by atoms with Crippen molar-refractivity contribution in [3.05, 3.63) is 94.5 Å². The Morgan fingerprint density at radius 2 is 1.65 bits per heavy atom. The summed E-state index contributed by atoms with van der Waals surface area (Å²) in [6.07, 6.45) is 1.47. The van der Waals surface area contributed by atoms with Gasteiger partial charge in [-0.2, -0.15) is 5.10 Å². The van der Waals surface area contributed by atoms with Gasteiger partial charge in [-0.1, -0.05) is 42.0 Å². The molecule has 0 saturated heterocycles. The molecule has 2 N–H and O–H groups in total. The molecule has 0 aromatic heterocycles. The molecule has 0 saturated carbocycles. The molecule has 0 aliphatic carbocycles. The lowest BCUT2D eigenvalue weighted by molar-refractivity contribution is -0.136. The molecule has 0 aliphatic rings. The number of anilines is 1. The number of benzene rings is 3. The minimum atomic E-state index is -0.838. The topological polar surface area (TPSA) is 79.8 Å². The molecule has 6 heteroatoms. The van der Waals surface area contributed by atoms with Crippen LogP contribution in [0.4, 0.5) is 5.69 Å². The number of nitrogens with zero attached hydrogens (tertiary/aromatic N) is 1. The average Bonchev–Trinajstić information content (AvgIpc) is 2.75. The molecule has 2 amide bonds. The Morgan fingerprint density at radius 1 is 0.903 bits per heavy atom. The van der Waals surface area contributed by atoms with Gasteiger partial charge in [-0.05, 0) is 73.4 Å². The Bertz CT molecular complexity index is 1110. The summed E-state index contributed by atoms with van der Waals surface area (Å²) in [5.74, 6) is -0.878. The number of hydrogen-bond donors (Lipinski definition) is 2. The summed E-state index contributed by atoms with van der Waals surface area (Å²) in [6.45, 7) is 6.31. The van der Waals surface area contributed by atoms with Crippen LogP contribution in [0.1, 0.15) is 27.8 Å². The van der Waals surface area contributed by atoms with E-state index in [-0.39, 0.29) is 0 Å². The molecule has 3 rings (SSSR count). The molecule has 31 heavy (non-hydrogen) atoms. The zero-order chi connectivity index (χ0) is 22.2. The van der Waals surface area contributed by atoms with Gasteiger partial charge in [-0.25, -0.2) is 5.43 Å². The average molecular weight is 415 g/mol. The van der Waals surface area contributed by atoms with Crippen LogP contribution in [-0.2, 0) is 16.2 Å². The van der Waals surface area contributed by atoms with Gasteiger partial charge in [-0.3, -0.25) is 9.59 Å². The van der Waals surface area contributed by atoms with Gasteiger partial charge in [0.1, 0.15) is 12.4 Å². The van der Waals surface area contributed by atoms with E-state index in [1.165, 1.54) is 11.8 Å². The molecule has 0 bridgehead atoms. The maximum absolute atomic E-state index is 12.1. The molecular weight excluding hydrogens is 390 g/mol. The second-order valence-electron chi connectivity index (χ2n) is 7.32. The van der Waals surface area contributed by atoms with Gasteiger partial charge in [0.05, 0.1) is 6.21 Å². The molecule has 0 aliphatic heterocycles. The number of hydrazone groups is 1. The summed E-state index contributed by atoms with van der Waals surface area (Å²) >= 11 is 0. The highest BCUT2D eigenvalue weighted by atomic mass is 16.5. The van der Waals surface area contributed by atoms with E-state index >= 15 is 0 Å². The lowest BCUT2D eigenvalue weighted by atomic mass is 10.1. The smallest absolute Gasteiger partial charge is 0.329 e. The van der Waals surface area contributed by atoms with Crippen LogP contribution < -0.4 is 15.5 Å². The van der Waals surface area contributed by atoms with Gasteiger partial charge in [0.2, 0.25) is 0 Å². The predicted octanol–water partition coefficient (Wildman–Crippen LogP) is 4.28. The molecule has 6 nitrogen and oxygen atoms in total. The number of hydrogen-bond acceptors (Lipinski definition) is 4. The van der Waals surface area contributed by atoms with Crippen LogP contribution >= 0.6 is 0 Å². The second kappa shape index (κ2) is 10.2. The van der Waals surface area contributed by atoms with Crippen molar-refractivity contribution in [2.75, 3.05) is 5.32 Å². The Kier molecular flexibility index (Phi) is 7.17. The van der Waals surface area contributed by atoms with Gasteiger partial charge in [0.25, 0.3) is 0 Å². The van der Waals surface area contributed by atoms with E-state index in [1.54, 1.807) is 0 Å². The Labute approximate surface area is 182 Å². The van der Waals surface area contributed by atoms with E-state index in [0.29, 0.717) is 12.3 Å². The predicted molar refractivity (Wildman–Crippen MR) is 122 cm³/mol. The standard InChI is InChI=1S/C25H25N3O3/c1-17-5-4-6-21(13-17)16-31-22-11-9-20(10-12-22)15-26-28-25(30)24(29)27-23-14-18(2)7-8-19(23)3/h4-15H,16H2,1-3H3,(H,27,29)(H,28,30)/b26-15+. The van der Waals surface area contributed by atoms with Crippen molar-refractivity contribution in [1.29, 1.82) is 0 Å². The molecular formula is C25H25N3O3. The summed E-state index contributed by atoms with van der Waals surface area (Å²) in [5, 5.41) is 6.45. The first-order valence-corrected chi connectivity index (χ1v) is 9.91. The highest BCUT2D eigenvalue weighted by Gasteiger charge is 2.14. The van der Waals surface area contributed by atoms with Gasteiger partial charge in [0, 0.05) is 5.69 Å². The summed E-state index contributed by atoms with van der Waals surface area (Å²) in [6, 6.07) is 21.1. The third kappa shape index (κ3) is 6.54. The molecule has 158 valence electrons. The Hall–Kier alpha value is -3.93. The molecule has 0 unspecified atom stereocenters. The number of aryl methyl sites for hydroxylation is 3. The maximum Gasteiger partial charge on any atom is 0.329 e. The van der Waals surface area contributed by atoms with Crippen LogP contribution in [0.3, 0.4) is 0 Å². The summed E-state index contributed by atoms with van der Waals surface area (Å²) in [4.78, 5) is 24.0. The molecule has 3 aromatic rings. The van der Waals surface area contributed by atoms with Crippen molar-refractivity contribution in [1.82, 2.24) is 5.43 Å². The highest BCUT2D eigenvalue weighted by Crippen LogP contribution is 2.16. The number of amides is 2. The molecule has 0 heterocycles. The van der Waals surface area contributed by atoms with Crippen molar-refractivity contribution in [2.45, 2.75) is 27.4 Å². The number of nitrogens with one attached hydrogen (secondary N) is 2. The fraction of sp³-hybridized carbons (Fsp3) is 0.160. The minimum Gasteiger partial charge on any atom is -0.489 e. The lowest BCUT2D eigenvalue weighted by Gasteiger charge is -2.08. The van der Waals surface area contributed by atoms with E-state index in [1.807, 2.05) is 81.4 Å². The van der Waals surface area contributed by atoms with Crippen LogP contribution in [0, 0.1) is 20.8 Å². The normalized spacial score (nSPS) is 10.7. The van der Waals surface area contributed by atoms with Crippen molar-refractivity contribution in [3.63, 3.8) is 0 Å². The SMILES string of the molecule is Cc1cccc(COc2ccc(/C=N/NC(=O)C(=O)Nc3cc(C)ccc3C)cc2)c1. The van der Waals surface area contributed by atoms with Crippen LogP contribution in [0.2, 0.25) is 0 Å². The number of carbonyl (C=O) groups excluding carboxylic acids is 2. The molecule has 3 aromatic carbocycles. The van der Waals surface area contributed by atoms with Crippen molar-refractivity contribution >= 4 is 23.7 Å². The lowest BCUT2D eigenvalue weighted by Crippen LogP contribution is -2.32. The van der Waals surface area contributed by atoms with Gasteiger partial charge >= 0.3 is 11.8 Å². The summed E-state index contributed by atoms with van der Waals surface area (Å²) in [7, 11) is 0. The fourth-order valence-corrected chi connectivity index (χ4v) is 2.88. The van der Waals surface area contributed by atoms with Gasteiger partial charge in [0.15, 0.2) is 0 Å². The fourth-order valence-electron chi connectivity index (χ4n) is 2.88. The Morgan fingerprint density at radius 3 is 2.39 bits per heavy atom.